The van der Waals surface area contributed by atoms with Crippen LogP contribution in [0.2, 0.25) is 0 Å². The van der Waals surface area contributed by atoms with Gasteiger partial charge in [-0.2, -0.15) is 0 Å². The fourth-order valence-corrected chi connectivity index (χ4v) is 1.84. The summed E-state index contributed by atoms with van der Waals surface area (Å²) in [4.78, 5) is 8.26. The monoisotopic (exact) mass is 224 g/mol. The summed E-state index contributed by atoms with van der Waals surface area (Å²) in [6, 6.07) is 0. The summed E-state index contributed by atoms with van der Waals surface area (Å²) < 4.78 is 14.0. The van der Waals surface area contributed by atoms with Gasteiger partial charge in [0.05, 0.1) is 5.69 Å². The van der Waals surface area contributed by atoms with Gasteiger partial charge in [0, 0.05) is 19.0 Å². The Morgan fingerprint density at radius 2 is 2.19 bits per heavy atom. The highest BCUT2D eigenvalue weighted by Gasteiger charge is 2.26. The Bertz CT molecular complexity index is 376. The van der Waals surface area contributed by atoms with E-state index in [1.54, 1.807) is 6.92 Å². The molecule has 88 valence electrons. The van der Waals surface area contributed by atoms with Crippen molar-refractivity contribution in [3.63, 3.8) is 0 Å². The number of aryl methyl sites for hydroxylation is 1. The smallest absolute Gasteiger partial charge is 0.187 e. The normalized spacial score (nSPS) is 15.9. The molecule has 0 aliphatic heterocycles. The maximum absolute atomic E-state index is 14.0. The molecule has 0 bridgehead atoms. The number of hydrogen-bond acceptors (Lipinski definition) is 4. The van der Waals surface area contributed by atoms with Gasteiger partial charge in [0.25, 0.3) is 0 Å². The van der Waals surface area contributed by atoms with E-state index in [9.17, 15) is 4.39 Å². The summed E-state index contributed by atoms with van der Waals surface area (Å²) in [7, 11) is 0. The number of hydrogen-bond donors (Lipinski definition) is 2. The highest BCUT2D eigenvalue weighted by Crippen LogP contribution is 2.37. The predicted molar refractivity (Wildman–Crippen MR) is 60.9 cm³/mol. The SMILES string of the molecule is Cc1nc(NCCN)c(F)c(C2CCC2)n1. The molecule has 5 heteroatoms. The molecule has 4 nitrogen and oxygen atoms in total. The molecule has 1 saturated carbocycles. The van der Waals surface area contributed by atoms with Crippen LogP contribution >= 0.6 is 0 Å². The van der Waals surface area contributed by atoms with Gasteiger partial charge < -0.3 is 11.1 Å². The van der Waals surface area contributed by atoms with E-state index in [0.717, 1.165) is 12.8 Å². The van der Waals surface area contributed by atoms with E-state index in [4.69, 9.17) is 5.73 Å². The second kappa shape index (κ2) is 4.74. The minimum atomic E-state index is -0.302. The average molecular weight is 224 g/mol. The Morgan fingerprint density at radius 3 is 2.75 bits per heavy atom. The van der Waals surface area contributed by atoms with Crippen LogP contribution in [0.4, 0.5) is 10.2 Å². The van der Waals surface area contributed by atoms with Gasteiger partial charge in [0.15, 0.2) is 11.6 Å². The number of nitrogens with one attached hydrogen (secondary N) is 1. The molecule has 3 N–H and O–H groups in total. The molecular weight excluding hydrogens is 207 g/mol. The highest BCUT2D eigenvalue weighted by atomic mass is 19.1. The average Bonchev–Trinajstić information content (AvgIpc) is 2.18. The molecule has 16 heavy (non-hydrogen) atoms. The van der Waals surface area contributed by atoms with Crippen LogP contribution in [0.25, 0.3) is 0 Å². The molecule has 1 heterocycles. The number of halogens is 1. The third-order valence-corrected chi connectivity index (χ3v) is 2.92. The maximum Gasteiger partial charge on any atom is 0.187 e. The quantitative estimate of drug-likeness (QED) is 0.814. The van der Waals surface area contributed by atoms with Crippen molar-refractivity contribution in [3.8, 4) is 0 Å². The first-order chi connectivity index (χ1) is 7.72. The number of nitrogens with two attached hydrogens (primary N) is 1. The van der Waals surface area contributed by atoms with Gasteiger partial charge in [-0.3, -0.25) is 0 Å². The highest BCUT2D eigenvalue weighted by molar-refractivity contribution is 5.39. The fourth-order valence-electron chi connectivity index (χ4n) is 1.84. The van der Waals surface area contributed by atoms with Crippen LogP contribution in [0, 0.1) is 12.7 Å². The molecule has 0 saturated heterocycles. The molecule has 1 aliphatic carbocycles. The van der Waals surface area contributed by atoms with Crippen LogP contribution in [0.3, 0.4) is 0 Å². The molecule has 1 aromatic rings. The lowest BCUT2D eigenvalue weighted by atomic mass is 9.82. The number of anilines is 1. The van der Waals surface area contributed by atoms with Gasteiger partial charge >= 0.3 is 0 Å². The van der Waals surface area contributed by atoms with E-state index in [1.807, 2.05) is 0 Å². The van der Waals surface area contributed by atoms with Crippen LogP contribution in [0.1, 0.15) is 36.7 Å². The first-order valence-electron chi connectivity index (χ1n) is 5.70. The van der Waals surface area contributed by atoms with Gasteiger partial charge in [-0.1, -0.05) is 6.42 Å². The topological polar surface area (TPSA) is 63.8 Å². The molecule has 1 aliphatic rings. The molecule has 0 spiro atoms. The van der Waals surface area contributed by atoms with Crippen molar-refractivity contribution in [2.24, 2.45) is 5.73 Å². The lowest BCUT2D eigenvalue weighted by Gasteiger charge is -2.25. The molecule has 0 atom stereocenters. The minimum absolute atomic E-state index is 0.278. The van der Waals surface area contributed by atoms with Gasteiger partial charge in [-0.15, -0.1) is 0 Å². The van der Waals surface area contributed by atoms with Crippen LogP contribution in [-0.2, 0) is 0 Å². The van der Waals surface area contributed by atoms with Crippen LogP contribution < -0.4 is 11.1 Å². The zero-order chi connectivity index (χ0) is 11.5. The second-order valence-corrected chi connectivity index (χ2v) is 4.16. The molecule has 0 unspecified atom stereocenters. The summed E-state index contributed by atoms with van der Waals surface area (Å²) in [6.07, 6.45) is 3.23. The van der Waals surface area contributed by atoms with Crippen molar-refractivity contribution < 1.29 is 4.39 Å². The van der Waals surface area contributed by atoms with Gasteiger partial charge in [-0.05, 0) is 19.8 Å². The number of nitrogens with zero attached hydrogens (tertiary/aromatic N) is 2. The summed E-state index contributed by atoms with van der Waals surface area (Å²) in [5.41, 5.74) is 5.94. The van der Waals surface area contributed by atoms with Gasteiger partial charge in [0.1, 0.15) is 5.82 Å². The summed E-state index contributed by atoms with van der Waals surface area (Å²) in [5, 5.41) is 2.90. The lowest BCUT2D eigenvalue weighted by molar-refractivity contribution is 0.392. The van der Waals surface area contributed by atoms with Crippen LogP contribution in [-0.4, -0.2) is 23.1 Å². The van der Waals surface area contributed by atoms with Crippen molar-refractivity contribution in [1.82, 2.24) is 9.97 Å². The Labute approximate surface area is 94.5 Å². The van der Waals surface area contributed by atoms with Crippen LogP contribution in [0.5, 0.6) is 0 Å². The second-order valence-electron chi connectivity index (χ2n) is 4.16. The first-order valence-corrected chi connectivity index (χ1v) is 5.70. The summed E-state index contributed by atoms with van der Waals surface area (Å²) in [6.45, 7) is 2.77. The third-order valence-electron chi connectivity index (χ3n) is 2.92. The Hall–Kier alpha value is -1.23. The van der Waals surface area contributed by atoms with Crippen molar-refractivity contribution in [2.45, 2.75) is 32.1 Å². The van der Waals surface area contributed by atoms with Crippen molar-refractivity contribution >= 4 is 5.82 Å². The first kappa shape index (κ1) is 11.3. The zero-order valence-corrected chi connectivity index (χ0v) is 9.46. The Morgan fingerprint density at radius 1 is 1.44 bits per heavy atom. The minimum Gasteiger partial charge on any atom is -0.366 e. The molecule has 1 fully saturated rings. The molecular formula is C11H17FN4. The van der Waals surface area contributed by atoms with E-state index in [-0.39, 0.29) is 11.7 Å². The van der Waals surface area contributed by atoms with E-state index >= 15 is 0 Å². The largest absolute Gasteiger partial charge is 0.366 e. The molecule has 1 aromatic heterocycles. The third kappa shape index (κ3) is 2.14. The summed E-state index contributed by atoms with van der Waals surface area (Å²) in [5.74, 6) is 0.881. The fraction of sp³-hybridized carbons (Fsp3) is 0.636. The molecule has 2 rings (SSSR count). The molecule has 0 aromatic carbocycles. The maximum atomic E-state index is 14.0. The molecule has 0 amide bonds. The Kier molecular flexibility index (Phi) is 3.33. The standard InChI is InChI=1S/C11H17FN4/c1-7-15-10(8-3-2-4-8)9(12)11(16-7)14-6-5-13/h8H,2-6,13H2,1H3,(H,14,15,16). The lowest BCUT2D eigenvalue weighted by Crippen LogP contribution is -2.19. The number of rotatable bonds is 4. The van der Waals surface area contributed by atoms with E-state index in [0.29, 0.717) is 30.4 Å². The van der Waals surface area contributed by atoms with Crippen molar-refractivity contribution in [1.29, 1.82) is 0 Å². The van der Waals surface area contributed by atoms with Gasteiger partial charge in [-0.25, -0.2) is 14.4 Å². The van der Waals surface area contributed by atoms with Gasteiger partial charge in [0.2, 0.25) is 0 Å². The van der Waals surface area contributed by atoms with E-state index in [2.05, 4.69) is 15.3 Å². The van der Waals surface area contributed by atoms with Crippen molar-refractivity contribution in [2.75, 3.05) is 18.4 Å². The predicted octanol–water partition coefficient (Wildman–Crippen LogP) is 1.56. The van der Waals surface area contributed by atoms with E-state index < -0.39 is 0 Å². The van der Waals surface area contributed by atoms with E-state index in [1.165, 1.54) is 6.42 Å². The molecule has 0 radical (unpaired) electrons. The Balaban J connectivity index is 2.26. The zero-order valence-electron chi connectivity index (χ0n) is 9.46. The van der Waals surface area contributed by atoms with Crippen molar-refractivity contribution in [3.05, 3.63) is 17.3 Å². The van der Waals surface area contributed by atoms with Crippen LogP contribution in [0.15, 0.2) is 0 Å². The number of aromatic nitrogens is 2. The summed E-state index contributed by atoms with van der Waals surface area (Å²) >= 11 is 0.